The Bertz CT molecular complexity index is 690. The summed E-state index contributed by atoms with van der Waals surface area (Å²) in [6, 6.07) is 0. The number of nitrogens with zero attached hydrogens (tertiary/aromatic N) is 3. The molecule has 0 aromatic carbocycles. The Kier molecular flexibility index (Phi) is 4.22. The first-order valence-electron chi connectivity index (χ1n) is 6.02. The number of aliphatic hydroxyl groups excluding tert-OH is 2. The molecule has 2 aromatic heterocycles. The zero-order chi connectivity index (χ0) is 13.6. The number of aromatic amines is 1. The van der Waals surface area contributed by atoms with Gasteiger partial charge in [0.2, 0.25) is 5.95 Å². The fourth-order valence-electron chi connectivity index (χ4n) is 2.55. The minimum absolute atomic E-state index is 0. The first kappa shape index (κ1) is 15.5. The summed E-state index contributed by atoms with van der Waals surface area (Å²) in [5.41, 5.74) is 5.42. The Labute approximate surface area is 137 Å². The van der Waals surface area contributed by atoms with Crippen LogP contribution in [0.4, 0.5) is 5.95 Å². The van der Waals surface area contributed by atoms with Crippen LogP contribution in [0.15, 0.2) is 11.1 Å². The fourth-order valence-corrected chi connectivity index (χ4v) is 2.55. The maximum Gasteiger partial charge on any atom is 1.00 e. The van der Waals surface area contributed by atoms with Crippen LogP contribution < -0.4 is 40.9 Å². The van der Waals surface area contributed by atoms with Crippen molar-refractivity contribution < 1.29 is 41.2 Å². The van der Waals surface area contributed by atoms with E-state index < -0.39 is 0 Å². The van der Waals surface area contributed by atoms with Gasteiger partial charge >= 0.3 is 29.6 Å². The molecule has 1 fully saturated rings. The molecule has 2 atom stereocenters. The van der Waals surface area contributed by atoms with Crippen molar-refractivity contribution in [3.8, 4) is 0 Å². The van der Waals surface area contributed by atoms with Crippen molar-refractivity contribution >= 4 is 17.1 Å². The zero-order valence-corrected chi connectivity index (χ0v) is 13.2. The number of hydrogen-bond acceptors (Lipinski definition) is 6. The fraction of sp³-hybridized carbons (Fsp3) is 0.545. The second-order valence-electron chi connectivity index (χ2n) is 5.10. The van der Waals surface area contributed by atoms with Gasteiger partial charge in [-0.25, -0.2) is 4.98 Å². The quantitative estimate of drug-likeness (QED) is 0.422. The maximum atomic E-state index is 11.6. The third-order valence-corrected chi connectivity index (χ3v) is 3.87. The van der Waals surface area contributed by atoms with Crippen molar-refractivity contribution in [2.45, 2.75) is 13.0 Å². The molecule has 1 aliphatic rings. The average molecular weight is 289 g/mol. The molecular formula is C11H16N5NaO3. The first-order chi connectivity index (χ1) is 9.09. The minimum Gasteiger partial charge on any atom is -1.00 e. The van der Waals surface area contributed by atoms with Gasteiger partial charge in [0.25, 0.3) is 5.56 Å². The van der Waals surface area contributed by atoms with Crippen LogP contribution in [0.2, 0.25) is 0 Å². The van der Waals surface area contributed by atoms with Crippen molar-refractivity contribution in [2.75, 3.05) is 18.9 Å². The number of fused-ring (bicyclic) bond motifs is 1. The average Bonchev–Trinajstić information content (AvgIpc) is 2.95. The van der Waals surface area contributed by atoms with Gasteiger partial charge in [0.15, 0.2) is 11.2 Å². The molecule has 0 spiro atoms. The molecule has 0 amide bonds. The van der Waals surface area contributed by atoms with Crippen LogP contribution >= 0.6 is 0 Å². The van der Waals surface area contributed by atoms with Gasteiger partial charge in [-0.15, -0.1) is 0 Å². The molecule has 8 nitrogen and oxygen atoms in total. The third-order valence-electron chi connectivity index (χ3n) is 3.87. The molecule has 20 heavy (non-hydrogen) atoms. The van der Waals surface area contributed by atoms with E-state index in [9.17, 15) is 15.0 Å². The van der Waals surface area contributed by atoms with Gasteiger partial charge < -0.3 is 21.9 Å². The van der Waals surface area contributed by atoms with E-state index in [4.69, 9.17) is 5.73 Å². The molecule has 0 unspecified atom stereocenters. The van der Waals surface area contributed by atoms with Gasteiger partial charge in [-0.3, -0.25) is 9.78 Å². The van der Waals surface area contributed by atoms with Crippen LogP contribution in [0.3, 0.4) is 0 Å². The second-order valence-corrected chi connectivity index (χ2v) is 5.10. The number of nitrogen functional groups attached to an aromatic ring is 1. The number of imidazole rings is 1. The Morgan fingerprint density at radius 2 is 2.35 bits per heavy atom. The van der Waals surface area contributed by atoms with E-state index in [1.807, 2.05) is 0 Å². The molecular weight excluding hydrogens is 273 g/mol. The second kappa shape index (κ2) is 5.45. The summed E-state index contributed by atoms with van der Waals surface area (Å²) in [5, 5.41) is 18.7. The van der Waals surface area contributed by atoms with Crippen LogP contribution in [0.25, 0.3) is 11.2 Å². The summed E-state index contributed by atoms with van der Waals surface area (Å²) in [7, 11) is 0. The van der Waals surface area contributed by atoms with Crippen LogP contribution in [0.5, 0.6) is 0 Å². The summed E-state index contributed by atoms with van der Waals surface area (Å²) < 4.78 is 1.70. The topological polar surface area (TPSA) is 130 Å². The summed E-state index contributed by atoms with van der Waals surface area (Å²) in [6.07, 6.45) is 2.26. The predicted octanol–water partition coefficient (Wildman–Crippen LogP) is -4.19. The van der Waals surface area contributed by atoms with Gasteiger partial charge in [-0.05, 0) is 12.3 Å². The summed E-state index contributed by atoms with van der Waals surface area (Å²) in [5.74, 6) is 0.112. The molecule has 0 radical (unpaired) electrons. The van der Waals surface area contributed by atoms with Gasteiger partial charge in [-0.1, -0.05) is 0 Å². The molecule has 0 aliphatic heterocycles. The normalized spacial score (nSPS) is 24.6. The smallest absolute Gasteiger partial charge is 1.00 e. The predicted molar refractivity (Wildman–Crippen MR) is 68.4 cm³/mol. The molecule has 1 saturated carbocycles. The molecule has 2 heterocycles. The van der Waals surface area contributed by atoms with Gasteiger partial charge in [0, 0.05) is 18.6 Å². The molecule has 2 aromatic rings. The Hall–Kier alpha value is -0.930. The molecule has 0 bridgehead atoms. The number of anilines is 1. The Morgan fingerprint density at radius 3 is 2.95 bits per heavy atom. The van der Waals surface area contributed by atoms with Crippen LogP contribution in [0.1, 0.15) is 7.85 Å². The number of aromatic nitrogens is 4. The van der Waals surface area contributed by atoms with Crippen LogP contribution in [-0.2, 0) is 6.54 Å². The van der Waals surface area contributed by atoms with Crippen LogP contribution in [-0.4, -0.2) is 42.9 Å². The van der Waals surface area contributed by atoms with Crippen LogP contribution in [0, 0.1) is 11.3 Å². The van der Waals surface area contributed by atoms with Gasteiger partial charge in [0.1, 0.15) is 0 Å². The monoisotopic (exact) mass is 289 g/mol. The van der Waals surface area contributed by atoms with E-state index in [1.54, 1.807) is 4.57 Å². The largest absolute Gasteiger partial charge is 1.00 e. The number of hydrogen-bond donors (Lipinski definition) is 4. The van der Waals surface area contributed by atoms with E-state index in [1.165, 1.54) is 6.33 Å². The molecule has 5 N–H and O–H groups in total. The van der Waals surface area contributed by atoms with Gasteiger partial charge in [0.05, 0.1) is 12.9 Å². The van der Waals surface area contributed by atoms with E-state index in [0.29, 0.717) is 12.2 Å². The van der Waals surface area contributed by atoms with E-state index >= 15 is 0 Å². The Balaban J connectivity index is 0.00000110. The van der Waals surface area contributed by atoms with Crippen molar-refractivity contribution in [1.82, 2.24) is 19.5 Å². The third kappa shape index (κ3) is 2.38. The minimum atomic E-state index is -0.381. The van der Waals surface area contributed by atoms with Crippen molar-refractivity contribution in [1.29, 1.82) is 0 Å². The zero-order valence-electron chi connectivity index (χ0n) is 12.2. The number of nitrogens with two attached hydrogens (primary N) is 1. The maximum absolute atomic E-state index is 11.6. The first-order valence-corrected chi connectivity index (χ1v) is 6.02. The Morgan fingerprint density at radius 1 is 1.60 bits per heavy atom. The number of aliphatic hydroxyl groups is 2. The summed E-state index contributed by atoms with van der Waals surface area (Å²) in [4.78, 5) is 22.1. The van der Waals surface area contributed by atoms with Crippen molar-refractivity contribution in [3.63, 3.8) is 0 Å². The number of nitrogens with one attached hydrogen (secondary N) is 1. The van der Waals surface area contributed by atoms with Crippen molar-refractivity contribution in [3.05, 3.63) is 16.7 Å². The van der Waals surface area contributed by atoms with Crippen molar-refractivity contribution in [2.24, 2.45) is 11.3 Å². The SMILES string of the molecule is Nc1nc2c(ncn2C[C@]2(CO)C[C@H]2CO)c(=O)[nH]1.[H-].[Na+]. The van der Waals surface area contributed by atoms with Gasteiger partial charge in [-0.2, -0.15) is 4.98 Å². The molecule has 0 saturated heterocycles. The van der Waals surface area contributed by atoms with E-state index in [0.717, 1.165) is 6.42 Å². The summed E-state index contributed by atoms with van der Waals surface area (Å²) in [6.45, 7) is 0.487. The number of H-pyrrole nitrogens is 1. The summed E-state index contributed by atoms with van der Waals surface area (Å²) >= 11 is 0. The van der Waals surface area contributed by atoms with E-state index in [2.05, 4.69) is 15.0 Å². The molecule has 3 rings (SSSR count). The molecule has 9 heteroatoms. The standard InChI is InChI=1S/C11H15N5O3.Na.H/c12-10-14-8-7(9(19)15-10)13-5-16(8)3-11(4-18)1-6(11)2-17;;/h5-6,17-18H,1-4H2,(H3,12,14,15,19);;/q;+1;-1/t6-,11-;;/m0../s1. The number of rotatable bonds is 4. The van der Waals surface area contributed by atoms with E-state index in [-0.39, 0.29) is 72.6 Å². The molecule has 1 aliphatic carbocycles. The molecule has 104 valence electrons.